The Labute approximate surface area is 98.5 Å². The fourth-order valence-corrected chi connectivity index (χ4v) is 1.81. The van der Waals surface area contributed by atoms with E-state index in [1.807, 2.05) is 0 Å². The lowest BCUT2D eigenvalue weighted by Crippen LogP contribution is -2.26. The highest BCUT2D eigenvalue weighted by atomic mass is 35.5. The van der Waals surface area contributed by atoms with Crippen LogP contribution in [0.1, 0.15) is 18.4 Å². The molecule has 2 rings (SSSR count). The number of hydrogen-bond acceptors (Lipinski definition) is 3. The molecule has 0 radical (unpaired) electrons. The van der Waals surface area contributed by atoms with Gasteiger partial charge in [0, 0.05) is 24.6 Å². The van der Waals surface area contributed by atoms with Crippen molar-refractivity contribution in [2.45, 2.75) is 24.8 Å². The summed E-state index contributed by atoms with van der Waals surface area (Å²) < 4.78 is 24.4. The monoisotopic (exact) mass is 245 g/mol. The van der Waals surface area contributed by atoms with Crippen LogP contribution in [0.25, 0.3) is 0 Å². The molecule has 0 spiro atoms. The third-order valence-corrected chi connectivity index (χ3v) is 2.82. The third kappa shape index (κ3) is 2.62. The molecule has 16 heavy (non-hydrogen) atoms. The molecule has 5 heteroatoms. The van der Waals surface area contributed by atoms with Gasteiger partial charge in [-0.25, -0.2) is 9.37 Å². The van der Waals surface area contributed by atoms with Crippen LogP contribution in [0.3, 0.4) is 0 Å². The van der Waals surface area contributed by atoms with Crippen LogP contribution < -0.4 is 4.74 Å². The quantitative estimate of drug-likeness (QED) is 0.767. The third-order valence-electron chi connectivity index (χ3n) is 2.53. The Balaban J connectivity index is 2.08. The summed E-state index contributed by atoms with van der Waals surface area (Å²) in [5, 5.41) is 0. The number of alkyl halides is 1. The highest BCUT2D eigenvalue weighted by Gasteiger charge is 2.18. The zero-order chi connectivity index (χ0) is 11.4. The first-order valence-electron chi connectivity index (χ1n) is 5.25. The van der Waals surface area contributed by atoms with E-state index in [0.29, 0.717) is 18.8 Å². The fraction of sp³-hybridized carbons (Fsp3) is 0.545. The average molecular weight is 246 g/mol. The Morgan fingerprint density at radius 3 is 2.94 bits per heavy atom. The average Bonchev–Trinajstić information content (AvgIpc) is 2.33. The van der Waals surface area contributed by atoms with E-state index in [1.165, 1.54) is 6.20 Å². The molecule has 3 nitrogen and oxygen atoms in total. The van der Waals surface area contributed by atoms with Crippen molar-refractivity contribution in [3.05, 3.63) is 23.6 Å². The van der Waals surface area contributed by atoms with Gasteiger partial charge >= 0.3 is 0 Å². The van der Waals surface area contributed by atoms with Gasteiger partial charge in [0.15, 0.2) is 5.82 Å². The Bertz CT molecular complexity index is 356. The minimum atomic E-state index is -0.455. The molecule has 1 aromatic rings. The number of nitrogens with zero attached hydrogens (tertiary/aromatic N) is 1. The van der Waals surface area contributed by atoms with Crippen LogP contribution in [0.4, 0.5) is 4.39 Å². The van der Waals surface area contributed by atoms with E-state index in [2.05, 4.69) is 4.98 Å². The molecule has 0 N–H and O–H groups in total. The molecule has 2 heterocycles. The van der Waals surface area contributed by atoms with Crippen molar-refractivity contribution >= 4 is 11.6 Å². The van der Waals surface area contributed by atoms with Crippen molar-refractivity contribution in [2.75, 3.05) is 13.2 Å². The van der Waals surface area contributed by atoms with Crippen LogP contribution in [0, 0.1) is 5.82 Å². The molecule has 88 valence electrons. The number of halogens is 2. The fourth-order valence-electron chi connectivity index (χ4n) is 1.60. The van der Waals surface area contributed by atoms with Crippen LogP contribution in [-0.4, -0.2) is 24.3 Å². The predicted molar refractivity (Wildman–Crippen MR) is 58.2 cm³/mol. The van der Waals surface area contributed by atoms with Crippen LogP contribution in [0.5, 0.6) is 5.88 Å². The first kappa shape index (κ1) is 11.6. The van der Waals surface area contributed by atoms with Gasteiger partial charge in [0.05, 0.1) is 19.1 Å². The number of ether oxygens (including phenoxy) is 2. The zero-order valence-corrected chi connectivity index (χ0v) is 9.54. The number of hydrogen-bond donors (Lipinski definition) is 0. The highest BCUT2D eigenvalue weighted by molar-refractivity contribution is 6.17. The number of aromatic nitrogens is 1. The first-order valence-corrected chi connectivity index (χ1v) is 5.78. The van der Waals surface area contributed by atoms with Crippen molar-refractivity contribution < 1.29 is 13.9 Å². The zero-order valence-electron chi connectivity index (χ0n) is 8.79. The summed E-state index contributed by atoms with van der Waals surface area (Å²) in [6.45, 7) is 1.31. The Kier molecular flexibility index (Phi) is 3.96. The van der Waals surface area contributed by atoms with E-state index >= 15 is 0 Å². The summed E-state index contributed by atoms with van der Waals surface area (Å²) in [4.78, 5) is 3.88. The summed E-state index contributed by atoms with van der Waals surface area (Å²) in [7, 11) is 0. The van der Waals surface area contributed by atoms with E-state index in [0.717, 1.165) is 12.8 Å². The lowest BCUT2D eigenvalue weighted by Gasteiger charge is -2.23. The molecule has 1 fully saturated rings. The van der Waals surface area contributed by atoms with Crippen LogP contribution in [0.15, 0.2) is 12.3 Å². The van der Waals surface area contributed by atoms with E-state index in [4.69, 9.17) is 21.1 Å². The smallest absolute Gasteiger partial charge is 0.250 e. The van der Waals surface area contributed by atoms with Gasteiger partial charge in [-0.15, -0.1) is 11.6 Å². The molecule has 0 amide bonds. The minimum Gasteiger partial charge on any atom is -0.472 e. The summed E-state index contributed by atoms with van der Waals surface area (Å²) in [6.07, 6.45) is 3.04. The largest absolute Gasteiger partial charge is 0.472 e. The second-order valence-corrected chi connectivity index (χ2v) is 3.92. The molecular weight excluding hydrogens is 233 g/mol. The van der Waals surface area contributed by atoms with Gasteiger partial charge in [-0.2, -0.15) is 0 Å². The lowest BCUT2D eigenvalue weighted by molar-refractivity contribution is 0.0219. The maximum absolute atomic E-state index is 13.7. The highest BCUT2D eigenvalue weighted by Crippen LogP contribution is 2.22. The number of pyridine rings is 1. The normalized spacial score (nSPS) is 17.4. The molecule has 0 bridgehead atoms. The van der Waals surface area contributed by atoms with Crippen molar-refractivity contribution in [3.63, 3.8) is 0 Å². The summed E-state index contributed by atoms with van der Waals surface area (Å²) in [6, 6.07) is 1.55. The Hall–Kier alpha value is -0.870. The van der Waals surface area contributed by atoms with Gasteiger partial charge in [0.2, 0.25) is 0 Å². The summed E-state index contributed by atoms with van der Waals surface area (Å²) in [5.74, 6) is -0.285. The van der Waals surface area contributed by atoms with Gasteiger partial charge in [-0.3, -0.25) is 0 Å². The molecule has 0 atom stereocenters. The second kappa shape index (κ2) is 5.46. The van der Waals surface area contributed by atoms with Gasteiger partial charge in [0.1, 0.15) is 6.10 Å². The topological polar surface area (TPSA) is 31.4 Å². The molecule has 0 aliphatic carbocycles. The summed E-state index contributed by atoms with van der Waals surface area (Å²) >= 11 is 5.60. The van der Waals surface area contributed by atoms with Gasteiger partial charge in [0.25, 0.3) is 5.88 Å². The second-order valence-electron chi connectivity index (χ2n) is 3.65. The first-order chi connectivity index (χ1) is 7.81. The number of rotatable bonds is 3. The van der Waals surface area contributed by atoms with Gasteiger partial charge < -0.3 is 9.47 Å². The molecule has 1 saturated heterocycles. The lowest BCUT2D eigenvalue weighted by atomic mass is 10.1. The minimum absolute atomic E-state index is 0.0127. The SMILES string of the molecule is Fc1c(CCl)ccnc1OC1CCOCC1. The van der Waals surface area contributed by atoms with Crippen molar-refractivity contribution in [1.29, 1.82) is 0 Å². The molecule has 0 unspecified atom stereocenters. The van der Waals surface area contributed by atoms with Gasteiger partial charge in [-0.1, -0.05) is 0 Å². The Morgan fingerprint density at radius 2 is 2.25 bits per heavy atom. The van der Waals surface area contributed by atoms with E-state index in [1.54, 1.807) is 6.07 Å². The van der Waals surface area contributed by atoms with Crippen LogP contribution >= 0.6 is 11.6 Å². The van der Waals surface area contributed by atoms with E-state index < -0.39 is 5.82 Å². The van der Waals surface area contributed by atoms with Crippen molar-refractivity contribution in [1.82, 2.24) is 4.98 Å². The molecular formula is C11H13ClFNO2. The van der Waals surface area contributed by atoms with Crippen molar-refractivity contribution in [3.8, 4) is 5.88 Å². The van der Waals surface area contributed by atoms with E-state index in [9.17, 15) is 4.39 Å². The maximum atomic E-state index is 13.7. The van der Waals surface area contributed by atoms with Crippen molar-refractivity contribution in [2.24, 2.45) is 0 Å². The molecule has 0 aromatic carbocycles. The van der Waals surface area contributed by atoms with Crippen LogP contribution in [0.2, 0.25) is 0 Å². The maximum Gasteiger partial charge on any atom is 0.250 e. The molecule has 1 aromatic heterocycles. The molecule has 1 aliphatic rings. The van der Waals surface area contributed by atoms with E-state index in [-0.39, 0.29) is 17.9 Å². The summed E-state index contributed by atoms with van der Waals surface area (Å²) in [5.41, 5.74) is 0.415. The Morgan fingerprint density at radius 1 is 1.50 bits per heavy atom. The predicted octanol–water partition coefficient (Wildman–Crippen LogP) is 2.52. The standard InChI is InChI=1S/C11H13ClFNO2/c12-7-8-1-4-14-11(10(8)13)16-9-2-5-15-6-3-9/h1,4,9H,2-3,5-7H2. The van der Waals surface area contributed by atoms with Gasteiger partial charge in [-0.05, 0) is 6.07 Å². The molecule has 0 saturated carbocycles. The van der Waals surface area contributed by atoms with Crippen LogP contribution in [-0.2, 0) is 10.6 Å². The molecule has 1 aliphatic heterocycles.